The van der Waals surface area contributed by atoms with Crippen molar-refractivity contribution in [3.8, 4) is 0 Å². The molecule has 0 bridgehead atoms. The van der Waals surface area contributed by atoms with E-state index in [1.165, 1.54) is 4.57 Å². The lowest BCUT2D eigenvalue weighted by Crippen LogP contribution is -2.09. The van der Waals surface area contributed by atoms with Gasteiger partial charge in [-0.25, -0.2) is 9.36 Å². The van der Waals surface area contributed by atoms with E-state index in [1.807, 2.05) is 50.2 Å². The molecule has 0 aliphatic rings. The highest BCUT2D eigenvalue weighted by Gasteiger charge is 2.17. The maximum absolute atomic E-state index is 11.5. The molecule has 3 heteroatoms. The smallest absolute Gasteiger partial charge is 0.416 e. The summed E-state index contributed by atoms with van der Waals surface area (Å²) in [5.74, 6) is 0. The van der Waals surface area contributed by atoms with Gasteiger partial charge in [0.1, 0.15) is 0 Å². The minimum atomic E-state index is -0.929. The molecule has 1 aromatic heterocycles. The molecule has 3 nitrogen and oxygen atoms in total. The van der Waals surface area contributed by atoms with Gasteiger partial charge in [-0.3, -0.25) is 0 Å². The van der Waals surface area contributed by atoms with E-state index in [2.05, 4.69) is 0 Å². The molecule has 0 aliphatic heterocycles. The second kappa shape index (κ2) is 3.60. The Morgan fingerprint density at radius 2 is 1.78 bits per heavy atom. The molecule has 90 valence electrons. The minimum Gasteiger partial charge on any atom is -0.464 e. The van der Waals surface area contributed by atoms with Crippen LogP contribution in [0.4, 0.5) is 4.79 Å². The van der Waals surface area contributed by atoms with Gasteiger partial charge in [0, 0.05) is 16.5 Å². The third-order valence-electron chi connectivity index (χ3n) is 3.60. The summed E-state index contributed by atoms with van der Waals surface area (Å²) in [5.41, 5.74) is 2.60. The molecule has 0 saturated carbocycles. The van der Waals surface area contributed by atoms with Crippen molar-refractivity contribution in [2.24, 2.45) is 0 Å². The topological polar surface area (TPSA) is 42.2 Å². The Hall–Kier alpha value is -2.29. The van der Waals surface area contributed by atoms with Crippen LogP contribution in [-0.4, -0.2) is 15.8 Å². The first-order valence-electron chi connectivity index (χ1n) is 5.84. The van der Waals surface area contributed by atoms with Crippen LogP contribution in [0.2, 0.25) is 0 Å². The minimum absolute atomic E-state index is 0.786. The van der Waals surface area contributed by atoms with Gasteiger partial charge in [0.2, 0.25) is 0 Å². The van der Waals surface area contributed by atoms with E-state index in [4.69, 9.17) is 0 Å². The number of nitrogens with zero attached hydrogens (tertiary/aromatic N) is 1. The molecule has 1 N–H and O–H groups in total. The fourth-order valence-corrected chi connectivity index (χ4v) is 2.57. The monoisotopic (exact) mass is 239 g/mol. The van der Waals surface area contributed by atoms with Crippen molar-refractivity contribution in [1.82, 2.24) is 4.57 Å². The number of carboxylic acid groups (broad SMARTS) is 1. The SMILES string of the molecule is Cc1c(C)n(C(=O)O)c2c1ccc1ccccc12. The molecular weight excluding hydrogens is 226 g/mol. The van der Waals surface area contributed by atoms with E-state index in [0.29, 0.717) is 0 Å². The molecule has 0 aliphatic carbocycles. The second-order valence-electron chi connectivity index (χ2n) is 4.51. The van der Waals surface area contributed by atoms with Crippen LogP contribution < -0.4 is 0 Å². The molecule has 0 atom stereocenters. The number of aromatic nitrogens is 1. The molecule has 0 unspecified atom stereocenters. The zero-order chi connectivity index (χ0) is 12.9. The lowest BCUT2D eigenvalue weighted by molar-refractivity contribution is 0.197. The Kier molecular flexibility index (Phi) is 2.17. The summed E-state index contributed by atoms with van der Waals surface area (Å²) in [5, 5.41) is 12.4. The average molecular weight is 239 g/mol. The third kappa shape index (κ3) is 1.27. The number of rotatable bonds is 0. The quantitative estimate of drug-likeness (QED) is 0.645. The van der Waals surface area contributed by atoms with E-state index < -0.39 is 6.09 Å². The Morgan fingerprint density at radius 3 is 2.50 bits per heavy atom. The summed E-state index contributed by atoms with van der Waals surface area (Å²) in [6.07, 6.45) is -0.929. The average Bonchev–Trinajstić information content (AvgIpc) is 2.63. The maximum atomic E-state index is 11.5. The number of hydrogen-bond donors (Lipinski definition) is 1. The molecule has 0 spiro atoms. The van der Waals surface area contributed by atoms with E-state index in [-0.39, 0.29) is 0 Å². The highest BCUT2D eigenvalue weighted by Crippen LogP contribution is 2.31. The van der Waals surface area contributed by atoms with E-state index in [9.17, 15) is 9.90 Å². The number of fused-ring (bicyclic) bond motifs is 3. The zero-order valence-corrected chi connectivity index (χ0v) is 10.3. The van der Waals surface area contributed by atoms with Gasteiger partial charge in [-0.1, -0.05) is 36.4 Å². The van der Waals surface area contributed by atoms with Gasteiger partial charge in [0.25, 0.3) is 0 Å². The Balaban J connectivity index is 2.64. The van der Waals surface area contributed by atoms with Crippen LogP contribution >= 0.6 is 0 Å². The van der Waals surface area contributed by atoms with Crippen molar-refractivity contribution >= 4 is 27.8 Å². The standard InChI is InChI=1S/C15H13NO2/c1-9-10(2)16(15(17)18)14-12(9)8-7-11-5-3-4-6-13(11)14/h3-8H,1-2H3,(H,17,18). The molecule has 1 heterocycles. The molecule has 3 rings (SSSR count). The summed E-state index contributed by atoms with van der Waals surface area (Å²) in [7, 11) is 0. The number of benzene rings is 2. The summed E-state index contributed by atoms with van der Waals surface area (Å²) in [6, 6.07) is 11.9. The van der Waals surface area contributed by atoms with E-state index in [1.54, 1.807) is 0 Å². The Labute approximate surface area is 104 Å². The maximum Gasteiger partial charge on any atom is 0.416 e. The lowest BCUT2D eigenvalue weighted by Gasteiger charge is -2.04. The highest BCUT2D eigenvalue weighted by molar-refractivity contribution is 6.10. The molecule has 3 aromatic rings. The Bertz CT molecular complexity index is 784. The first kappa shape index (κ1) is 10.8. The molecule has 0 amide bonds. The van der Waals surface area contributed by atoms with Crippen molar-refractivity contribution in [2.75, 3.05) is 0 Å². The summed E-state index contributed by atoms with van der Waals surface area (Å²) in [4.78, 5) is 11.5. The van der Waals surface area contributed by atoms with Crippen LogP contribution in [-0.2, 0) is 0 Å². The first-order chi connectivity index (χ1) is 8.61. The predicted molar refractivity (Wildman–Crippen MR) is 72.3 cm³/mol. The highest BCUT2D eigenvalue weighted by atomic mass is 16.4. The summed E-state index contributed by atoms with van der Waals surface area (Å²) < 4.78 is 1.38. The van der Waals surface area contributed by atoms with Gasteiger partial charge in [0.15, 0.2) is 0 Å². The zero-order valence-electron chi connectivity index (χ0n) is 10.3. The van der Waals surface area contributed by atoms with Gasteiger partial charge in [-0.15, -0.1) is 0 Å². The van der Waals surface area contributed by atoms with Gasteiger partial charge < -0.3 is 5.11 Å². The van der Waals surface area contributed by atoms with Crippen molar-refractivity contribution in [3.05, 3.63) is 47.7 Å². The van der Waals surface area contributed by atoms with Crippen molar-refractivity contribution < 1.29 is 9.90 Å². The van der Waals surface area contributed by atoms with Crippen molar-refractivity contribution in [2.45, 2.75) is 13.8 Å². The van der Waals surface area contributed by atoms with E-state index >= 15 is 0 Å². The fourth-order valence-electron chi connectivity index (χ4n) is 2.57. The molecule has 0 radical (unpaired) electrons. The first-order valence-corrected chi connectivity index (χ1v) is 5.84. The number of carbonyl (C=O) groups is 1. The Morgan fingerprint density at radius 1 is 1.06 bits per heavy atom. The largest absolute Gasteiger partial charge is 0.464 e. The molecule has 0 saturated heterocycles. The van der Waals surface area contributed by atoms with Crippen LogP contribution in [0.15, 0.2) is 36.4 Å². The third-order valence-corrected chi connectivity index (χ3v) is 3.60. The van der Waals surface area contributed by atoms with E-state index in [0.717, 1.165) is 32.9 Å². The normalized spacial score (nSPS) is 11.2. The number of hydrogen-bond acceptors (Lipinski definition) is 1. The molecule has 2 aromatic carbocycles. The van der Waals surface area contributed by atoms with Crippen LogP contribution in [0.5, 0.6) is 0 Å². The van der Waals surface area contributed by atoms with Crippen LogP contribution in [0.1, 0.15) is 11.3 Å². The molecule has 18 heavy (non-hydrogen) atoms. The lowest BCUT2D eigenvalue weighted by atomic mass is 10.1. The predicted octanol–water partition coefficient (Wildman–Crippen LogP) is 3.94. The van der Waals surface area contributed by atoms with Gasteiger partial charge in [-0.05, 0) is 24.8 Å². The van der Waals surface area contributed by atoms with Crippen molar-refractivity contribution in [1.29, 1.82) is 0 Å². The van der Waals surface area contributed by atoms with Crippen molar-refractivity contribution in [3.63, 3.8) is 0 Å². The van der Waals surface area contributed by atoms with Gasteiger partial charge in [0.05, 0.1) is 5.52 Å². The number of aryl methyl sites for hydroxylation is 1. The second-order valence-corrected chi connectivity index (χ2v) is 4.51. The molecule has 0 fully saturated rings. The molecular formula is C15H13NO2. The summed E-state index contributed by atoms with van der Waals surface area (Å²) in [6.45, 7) is 3.81. The van der Waals surface area contributed by atoms with Crippen LogP contribution in [0.25, 0.3) is 21.7 Å². The summed E-state index contributed by atoms with van der Waals surface area (Å²) >= 11 is 0. The van der Waals surface area contributed by atoms with Crippen LogP contribution in [0, 0.1) is 13.8 Å². The van der Waals surface area contributed by atoms with Gasteiger partial charge >= 0.3 is 6.09 Å². The van der Waals surface area contributed by atoms with Crippen LogP contribution in [0.3, 0.4) is 0 Å². The fraction of sp³-hybridized carbons (Fsp3) is 0.133. The van der Waals surface area contributed by atoms with Gasteiger partial charge in [-0.2, -0.15) is 0 Å².